The second kappa shape index (κ2) is 7.41. The number of hydrogen-bond donors (Lipinski definition) is 1. The van der Waals surface area contributed by atoms with Crippen molar-refractivity contribution in [3.05, 3.63) is 56.7 Å². The quantitative estimate of drug-likeness (QED) is 0.840. The average Bonchev–Trinajstić information content (AvgIpc) is 2.86. The van der Waals surface area contributed by atoms with Crippen molar-refractivity contribution in [2.24, 2.45) is 5.73 Å². The zero-order chi connectivity index (χ0) is 15.4. The van der Waals surface area contributed by atoms with Crippen molar-refractivity contribution in [2.75, 3.05) is 6.54 Å². The van der Waals surface area contributed by atoms with Gasteiger partial charge in [-0.05, 0) is 43.7 Å². The molecule has 2 nitrogen and oxygen atoms in total. The number of likely N-dealkylation sites (N-methyl/N-ethyl adjacent to an activating group) is 1. The summed E-state index contributed by atoms with van der Waals surface area (Å²) in [5.74, 6) is 0. The maximum absolute atomic E-state index is 6.27. The van der Waals surface area contributed by atoms with Crippen LogP contribution in [0.3, 0.4) is 0 Å². The minimum atomic E-state index is 0.0590. The van der Waals surface area contributed by atoms with Crippen LogP contribution in [0.2, 0.25) is 4.34 Å². The molecule has 0 aliphatic heterocycles. The Labute approximate surface area is 136 Å². The van der Waals surface area contributed by atoms with Crippen LogP contribution in [0.25, 0.3) is 0 Å². The van der Waals surface area contributed by atoms with Crippen LogP contribution in [-0.2, 0) is 6.54 Å². The average molecular weight is 323 g/mol. The lowest BCUT2D eigenvalue weighted by molar-refractivity contribution is 0.179. The highest BCUT2D eigenvalue weighted by Gasteiger charge is 2.25. The van der Waals surface area contributed by atoms with Crippen molar-refractivity contribution in [1.82, 2.24) is 4.90 Å². The number of thiophene rings is 1. The first-order valence-corrected chi connectivity index (χ1v) is 8.51. The van der Waals surface area contributed by atoms with E-state index in [2.05, 4.69) is 56.0 Å². The Kier molecular flexibility index (Phi) is 5.82. The highest BCUT2D eigenvalue weighted by molar-refractivity contribution is 7.16. The maximum atomic E-state index is 6.27. The van der Waals surface area contributed by atoms with Crippen LogP contribution in [0.5, 0.6) is 0 Å². The number of nitrogens with two attached hydrogens (primary N) is 1. The molecule has 0 saturated heterocycles. The van der Waals surface area contributed by atoms with Crippen molar-refractivity contribution in [2.45, 2.75) is 39.4 Å². The third-order valence-electron chi connectivity index (χ3n) is 3.82. The van der Waals surface area contributed by atoms with E-state index in [0.717, 1.165) is 17.4 Å². The monoisotopic (exact) mass is 322 g/mol. The second-order valence-electron chi connectivity index (χ2n) is 5.44. The van der Waals surface area contributed by atoms with Gasteiger partial charge >= 0.3 is 0 Å². The van der Waals surface area contributed by atoms with Gasteiger partial charge in [0.2, 0.25) is 0 Å². The van der Waals surface area contributed by atoms with Crippen LogP contribution in [0.4, 0.5) is 0 Å². The topological polar surface area (TPSA) is 29.3 Å². The zero-order valence-electron chi connectivity index (χ0n) is 12.8. The normalized spacial score (nSPS) is 14.4. The molecule has 4 heteroatoms. The Morgan fingerprint density at radius 2 is 1.95 bits per heavy atom. The zero-order valence-corrected chi connectivity index (χ0v) is 14.4. The summed E-state index contributed by atoms with van der Waals surface area (Å²) in [6, 6.07) is 12.8. The van der Waals surface area contributed by atoms with Crippen molar-refractivity contribution < 1.29 is 0 Å². The van der Waals surface area contributed by atoms with Crippen LogP contribution in [-0.4, -0.2) is 17.5 Å². The maximum Gasteiger partial charge on any atom is 0.0931 e. The van der Waals surface area contributed by atoms with E-state index < -0.39 is 0 Å². The smallest absolute Gasteiger partial charge is 0.0931 e. The summed E-state index contributed by atoms with van der Waals surface area (Å²) in [6.45, 7) is 8.27. The van der Waals surface area contributed by atoms with Gasteiger partial charge < -0.3 is 5.73 Å². The van der Waals surface area contributed by atoms with Crippen LogP contribution < -0.4 is 5.73 Å². The lowest BCUT2D eigenvalue weighted by Crippen LogP contribution is -2.38. The van der Waals surface area contributed by atoms with E-state index >= 15 is 0 Å². The van der Waals surface area contributed by atoms with Gasteiger partial charge in [-0.1, -0.05) is 42.8 Å². The molecule has 21 heavy (non-hydrogen) atoms. The highest BCUT2D eigenvalue weighted by Crippen LogP contribution is 2.33. The highest BCUT2D eigenvalue weighted by atomic mass is 35.5. The van der Waals surface area contributed by atoms with Gasteiger partial charge in [0.05, 0.1) is 10.4 Å². The molecule has 0 aliphatic carbocycles. The minimum absolute atomic E-state index is 0.0590. The molecule has 114 valence electrons. The third kappa shape index (κ3) is 4.07. The summed E-state index contributed by atoms with van der Waals surface area (Å²) < 4.78 is 0.822. The number of rotatable bonds is 6. The van der Waals surface area contributed by atoms with Crippen LogP contribution >= 0.6 is 22.9 Å². The number of halogens is 1. The van der Waals surface area contributed by atoms with E-state index in [4.69, 9.17) is 17.3 Å². The van der Waals surface area contributed by atoms with E-state index in [1.807, 2.05) is 6.07 Å². The number of hydrogen-bond acceptors (Lipinski definition) is 3. The molecule has 2 atom stereocenters. The summed E-state index contributed by atoms with van der Waals surface area (Å²) in [7, 11) is 0. The van der Waals surface area contributed by atoms with E-state index in [-0.39, 0.29) is 12.1 Å². The molecule has 2 aromatic rings. The van der Waals surface area contributed by atoms with Gasteiger partial charge in [0.25, 0.3) is 0 Å². The van der Waals surface area contributed by atoms with E-state index in [1.54, 1.807) is 11.3 Å². The fourth-order valence-corrected chi connectivity index (χ4v) is 3.98. The lowest BCUT2D eigenvalue weighted by atomic mass is 10.0. The molecule has 1 aromatic carbocycles. The Hall–Kier alpha value is -0.870. The molecule has 1 heterocycles. The van der Waals surface area contributed by atoms with E-state index in [9.17, 15) is 0 Å². The fraction of sp³-hybridized carbons (Fsp3) is 0.412. The molecular weight excluding hydrogens is 300 g/mol. The second-order valence-corrected chi connectivity index (χ2v) is 7.18. The van der Waals surface area contributed by atoms with E-state index in [1.165, 1.54) is 16.0 Å². The summed E-state index contributed by atoms with van der Waals surface area (Å²) in [5.41, 5.74) is 8.95. The molecule has 0 bridgehead atoms. The third-order valence-corrected chi connectivity index (χ3v) is 5.12. The van der Waals surface area contributed by atoms with Gasteiger partial charge in [-0.3, -0.25) is 4.90 Å². The fourth-order valence-electron chi connectivity index (χ4n) is 2.67. The molecule has 0 radical (unpaired) electrons. The summed E-state index contributed by atoms with van der Waals surface area (Å²) >= 11 is 7.73. The van der Waals surface area contributed by atoms with E-state index in [0.29, 0.717) is 0 Å². The molecule has 0 fully saturated rings. The summed E-state index contributed by atoms with van der Waals surface area (Å²) in [4.78, 5) is 3.67. The van der Waals surface area contributed by atoms with Gasteiger partial charge in [0.15, 0.2) is 0 Å². The van der Waals surface area contributed by atoms with Crippen molar-refractivity contribution in [1.29, 1.82) is 0 Å². The van der Waals surface area contributed by atoms with Gasteiger partial charge in [0, 0.05) is 17.5 Å². The molecule has 0 spiro atoms. The van der Waals surface area contributed by atoms with Crippen LogP contribution in [0.1, 0.15) is 35.9 Å². The Bertz CT molecular complexity index is 580. The predicted molar refractivity (Wildman–Crippen MR) is 93.0 cm³/mol. The Balaban J connectivity index is 2.26. The first kappa shape index (κ1) is 16.5. The van der Waals surface area contributed by atoms with Crippen molar-refractivity contribution in [3.8, 4) is 0 Å². The molecule has 2 unspecified atom stereocenters. The van der Waals surface area contributed by atoms with Gasteiger partial charge in [-0.2, -0.15) is 0 Å². The Morgan fingerprint density at radius 1 is 1.24 bits per heavy atom. The molecule has 0 amide bonds. The first-order valence-electron chi connectivity index (χ1n) is 7.32. The number of benzene rings is 1. The number of aryl methyl sites for hydroxylation is 1. The van der Waals surface area contributed by atoms with Crippen molar-refractivity contribution in [3.63, 3.8) is 0 Å². The van der Waals surface area contributed by atoms with Crippen LogP contribution in [0, 0.1) is 6.92 Å². The van der Waals surface area contributed by atoms with Crippen LogP contribution in [0.15, 0.2) is 36.4 Å². The molecular formula is C17H23ClN2S. The molecule has 2 N–H and O–H groups in total. The first-order chi connectivity index (χ1) is 10.0. The number of nitrogens with zero attached hydrogens (tertiary/aromatic N) is 1. The standard InChI is InChI=1S/C17H23ClN2S/c1-4-20(11-14-8-6-5-7-12(14)2)17(13(3)19)15-9-10-16(18)21-15/h5-10,13,17H,4,11,19H2,1-3H3. The SMILES string of the molecule is CCN(Cc1ccccc1C)C(c1ccc(Cl)s1)C(C)N. The lowest BCUT2D eigenvalue weighted by Gasteiger charge is -2.33. The van der Waals surface area contributed by atoms with Crippen molar-refractivity contribution >= 4 is 22.9 Å². The summed E-state index contributed by atoms with van der Waals surface area (Å²) in [5, 5.41) is 0. The van der Waals surface area contributed by atoms with Gasteiger partial charge in [0.1, 0.15) is 0 Å². The Morgan fingerprint density at radius 3 is 2.48 bits per heavy atom. The summed E-state index contributed by atoms with van der Waals surface area (Å²) in [6.07, 6.45) is 0. The molecule has 2 rings (SSSR count). The predicted octanol–water partition coefficient (Wildman–Crippen LogP) is 4.62. The van der Waals surface area contributed by atoms with Gasteiger partial charge in [-0.25, -0.2) is 0 Å². The minimum Gasteiger partial charge on any atom is -0.326 e. The molecule has 0 saturated carbocycles. The molecule has 0 aliphatic rings. The van der Waals surface area contributed by atoms with Gasteiger partial charge in [-0.15, -0.1) is 11.3 Å². The largest absolute Gasteiger partial charge is 0.326 e. The molecule has 1 aromatic heterocycles.